The van der Waals surface area contributed by atoms with Crippen molar-refractivity contribution in [3.05, 3.63) is 218 Å². The molecule has 0 atom stereocenters. The Morgan fingerprint density at radius 1 is 0.313 bits per heavy atom. The lowest BCUT2D eigenvalue weighted by Gasteiger charge is -2.15. The van der Waals surface area contributed by atoms with Gasteiger partial charge in [0.25, 0.3) is 0 Å². The van der Waals surface area contributed by atoms with E-state index in [1.807, 2.05) is 11.3 Å². The molecule has 0 aliphatic heterocycles. The summed E-state index contributed by atoms with van der Waals surface area (Å²) in [5.41, 5.74) is 10.9. The quantitative estimate of drug-likeness (QED) is 0.177. The van der Waals surface area contributed by atoms with Crippen LogP contribution in [0.25, 0.3) is 141 Å². The second-order valence-electron chi connectivity index (χ2n) is 17.8. The highest BCUT2D eigenvalue weighted by Gasteiger charge is 2.20. The van der Waals surface area contributed by atoms with Gasteiger partial charge in [-0.1, -0.05) is 140 Å². The Balaban J connectivity index is 0.931. The van der Waals surface area contributed by atoms with E-state index in [0.717, 1.165) is 60.9 Å². The third-order valence-electron chi connectivity index (χ3n) is 14.0. The van der Waals surface area contributed by atoms with Gasteiger partial charge >= 0.3 is 0 Å². The summed E-state index contributed by atoms with van der Waals surface area (Å²) in [6, 6.07) is 79.8. The summed E-state index contributed by atoms with van der Waals surface area (Å²) in [6.45, 7) is 0. The first-order chi connectivity index (χ1) is 33.2. The van der Waals surface area contributed by atoms with Crippen LogP contribution in [0.5, 0.6) is 0 Å². The van der Waals surface area contributed by atoms with Crippen molar-refractivity contribution < 1.29 is 0 Å². The van der Waals surface area contributed by atoms with Crippen LogP contribution >= 0.6 is 11.3 Å². The summed E-state index contributed by atoms with van der Waals surface area (Å²) in [6.07, 6.45) is 0. The SMILES string of the molecule is c1ccc2cc3c(cc2c1)c1ccccc1n3-c1ccc2cc3c(cc2c1)c1ccccc1n3-c1cc(-c2nc(-c3ccc4c(c3)sc3ccccc34)c3ccccc3n2)c2ccccc2c1. The molecule has 4 nitrogen and oxygen atoms in total. The fourth-order valence-electron chi connectivity index (χ4n) is 10.9. The van der Waals surface area contributed by atoms with Crippen LogP contribution in [0.4, 0.5) is 0 Å². The minimum Gasteiger partial charge on any atom is -0.309 e. The Hall–Kier alpha value is -8.64. The fraction of sp³-hybridized carbons (Fsp3) is 0. The summed E-state index contributed by atoms with van der Waals surface area (Å²) < 4.78 is 7.42. The van der Waals surface area contributed by atoms with E-state index in [0.29, 0.717) is 5.82 Å². The third kappa shape index (κ3) is 5.46. The topological polar surface area (TPSA) is 35.6 Å². The number of para-hydroxylation sites is 3. The van der Waals surface area contributed by atoms with Crippen molar-refractivity contribution in [2.24, 2.45) is 0 Å². The van der Waals surface area contributed by atoms with E-state index in [9.17, 15) is 0 Å². The number of thiophene rings is 1. The summed E-state index contributed by atoms with van der Waals surface area (Å²) in [4.78, 5) is 10.8. The van der Waals surface area contributed by atoms with E-state index in [1.165, 1.54) is 74.3 Å². The maximum atomic E-state index is 5.50. The summed E-state index contributed by atoms with van der Waals surface area (Å²) in [5.74, 6) is 0.708. The highest BCUT2D eigenvalue weighted by molar-refractivity contribution is 7.25. The molecule has 0 radical (unpaired) electrons. The van der Waals surface area contributed by atoms with Crippen LogP contribution in [0.3, 0.4) is 0 Å². The van der Waals surface area contributed by atoms with Crippen LogP contribution in [0.15, 0.2) is 218 Å². The van der Waals surface area contributed by atoms with Gasteiger partial charge in [-0.3, -0.25) is 0 Å². The first-order valence-electron chi connectivity index (χ1n) is 22.8. The Morgan fingerprint density at radius 3 is 1.66 bits per heavy atom. The van der Waals surface area contributed by atoms with Crippen molar-refractivity contribution in [3.8, 4) is 34.0 Å². The van der Waals surface area contributed by atoms with Gasteiger partial charge in [0, 0.05) is 69.6 Å². The van der Waals surface area contributed by atoms with Crippen LogP contribution in [0, 0.1) is 0 Å². The van der Waals surface area contributed by atoms with Gasteiger partial charge in [0.15, 0.2) is 5.82 Å². The van der Waals surface area contributed by atoms with Gasteiger partial charge in [-0.2, -0.15) is 0 Å². The zero-order chi connectivity index (χ0) is 43.7. The molecule has 0 fully saturated rings. The van der Waals surface area contributed by atoms with Crippen LogP contribution in [0.1, 0.15) is 0 Å². The molecule has 0 amide bonds. The number of hydrogen-bond donors (Lipinski definition) is 0. The molecule has 0 N–H and O–H groups in total. The highest BCUT2D eigenvalue weighted by atomic mass is 32.1. The number of fused-ring (bicyclic) bond motifs is 13. The van der Waals surface area contributed by atoms with Gasteiger partial charge in [0.2, 0.25) is 0 Å². The van der Waals surface area contributed by atoms with Crippen LogP contribution in [-0.4, -0.2) is 19.1 Å². The van der Waals surface area contributed by atoms with E-state index in [4.69, 9.17) is 9.97 Å². The molecule has 4 aromatic heterocycles. The average Bonchev–Trinajstić information content (AvgIpc) is 4.03. The van der Waals surface area contributed by atoms with Gasteiger partial charge in [0.05, 0.1) is 33.3 Å². The molecule has 0 unspecified atom stereocenters. The second-order valence-corrected chi connectivity index (χ2v) is 18.8. The van der Waals surface area contributed by atoms with E-state index in [1.54, 1.807) is 0 Å². The van der Waals surface area contributed by atoms with Crippen molar-refractivity contribution in [1.82, 2.24) is 19.1 Å². The third-order valence-corrected chi connectivity index (χ3v) is 15.1. The molecular weight excluding hydrogens is 833 g/mol. The summed E-state index contributed by atoms with van der Waals surface area (Å²) in [7, 11) is 0. The van der Waals surface area contributed by atoms with E-state index < -0.39 is 0 Å². The number of aromatic nitrogens is 4. The molecule has 67 heavy (non-hydrogen) atoms. The van der Waals surface area contributed by atoms with Gasteiger partial charge in [-0.25, -0.2) is 9.97 Å². The maximum Gasteiger partial charge on any atom is 0.161 e. The lowest BCUT2D eigenvalue weighted by Crippen LogP contribution is -1.99. The molecular formula is C62H36N4S. The van der Waals surface area contributed by atoms with E-state index in [2.05, 4.69) is 228 Å². The molecule has 15 rings (SSSR count). The number of benzene rings is 11. The molecule has 4 heterocycles. The maximum absolute atomic E-state index is 5.50. The minimum absolute atomic E-state index is 0.708. The highest BCUT2D eigenvalue weighted by Crippen LogP contribution is 2.42. The molecule has 310 valence electrons. The van der Waals surface area contributed by atoms with Crippen molar-refractivity contribution >= 4 is 118 Å². The van der Waals surface area contributed by atoms with Gasteiger partial charge in [0.1, 0.15) is 0 Å². The van der Waals surface area contributed by atoms with Crippen LogP contribution in [-0.2, 0) is 0 Å². The molecule has 5 heteroatoms. The lowest BCUT2D eigenvalue weighted by molar-refractivity contribution is 1.18. The summed E-state index contributed by atoms with van der Waals surface area (Å²) in [5, 5.41) is 15.7. The Bertz CT molecular complexity index is 4590. The molecule has 11 aromatic carbocycles. The van der Waals surface area contributed by atoms with Gasteiger partial charge in [-0.05, 0) is 111 Å². The van der Waals surface area contributed by atoms with E-state index in [-0.39, 0.29) is 0 Å². The first-order valence-corrected chi connectivity index (χ1v) is 23.6. The molecule has 0 saturated heterocycles. The Kier molecular flexibility index (Phi) is 7.63. The molecule has 0 spiro atoms. The minimum atomic E-state index is 0.708. The predicted molar refractivity (Wildman–Crippen MR) is 284 cm³/mol. The molecule has 0 saturated carbocycles. The predicted octanol–water partition coefficient (Wildman–Crippen LogP) is 17.0. The van der Waals surface area contributed by atoms with Crippen LogP contribution in [0.2, 0.25) is 0 Å². The van der Waals surface area contributed by atoms with Crippen molar-refractivity contribution in [2.45, 2.75) is 0 Å². The molecule has 15 aromatic rings. The normalized spacial score (nSPS) is 12.2. The van der Waals surface area contributed by atoms with Crippen molar-refractivity contribution in [3.63, 3.8) is 0 Å². The standard InChI is InChI=1S/C62H36N4S/c1-2-14-38-33-57-51(31-37(38)13-1)46-17-6-10-22-55(46)65(57)43-27-25-39-34-58-52(32-42(39)30-43)47-18-7-11-23-56(47)66(58)44-29-40-15-3-4-16-45(40)53(36-44)62-63-54-21-9-5-20-50(54)61(64-62)41-26-28-49-48-19-8-12-24-59(48)67-60(49)35-41/h1-36H. The van der Waals surface area contributed by atoms with Crippen LogP contribution < -0.4 is 0 Å². The molecule has 0 bridgehead atoms. The monoisotopic (exact) mass is 868 g/mol. The molecule has 0 aliphatic rings. The first kappa shape index (κ1) is 36.7. The van der Waals surface area contributed by atoms with Gasteiger partial charge in [-0.15, -0.1) is 11.3 Å². The number of hydrogen-bond acceptors (Lipinski definition) is 3. The summed E-state index contributed by atoms with van der Waals surface area (Å²) >= 11 is 1.83. The van der Waals surface area contributed by atoms with Crippen molar-refractivity contribution in [1.29, 1.82) is 0 Å². The number of rotatable bonds is 4. The Morgan fingerprint density at radius 2 is 0.881 bits per heavy atom. The zero-order valence-electron chi connectivity index (χ0n) is 36.0. The smallest absolute Gasteiger partial charge is 0.161 e. The Labute approximate surface area is 387 Å². The fourth-order valence-corrected chi connectivity index (χ4v) is 12.1. The average molecular weight is 869 g/mol. The largest absolute Gasteiger partial charge is 0.309 e. The van der Waals surface area contributed by atoms with Gasteiger partial charge < -0.3 is 9.13 Å². The van der Waals surface area contributed by atoms with E-state index >= 15 is 0 Å². The van der Waals surface area contributed by atoms with Crippen molar-refractivity contribution in [2.75, 3.05) is 0 Å². The number of nitrogens with zero attached hydrogens (tertiary/aromatic N) is 4. The molecule has 0 aliphatic carbocycles. The second kappa shape index (κ2) is 13.9. The lowest BCUT2D eigenvalue weighted by atomic mass is 10.0. The zero-order valence-corrected chi connectivity index (χ0v) is 36.8.